The highest BCUT2D eigenvalue weighted by atomic mass is 79.9. The van der Waals surface area contributed by atoms with Crippen LogP contribution in [0.15, 0.2) is 15.9 Å². The summed E-state index contributed by atoms with van der Waals surface area (Å²) < 4.78 is 1.18. The van der Waals surface area contributed by atoms with Gasteiger partial charge in [-0.25, -0.2) is 0 Å². The molecule has 0 aliphatic carbocycles. The summed E-state index contributed by atoms with van der Waals surface area (Å²) in [6.45, 7) is 6.12. The lowest BCUT2D eigenvalue weighted by Crippen LogP contribution is -2.41. The van der Waals surface area contributed by atoms with E-state index in [1.807, 2.05) is 0 Å². The first-order chi connectivity index (χ1) is 7.13. The molecular formula is C11H19BrN2S. The highest BCUT2D eigenvalue weighted by molar-refractivity contribution is 9.10. The first-order valence-electron chi connectivity index (χ1n) is 5.30. The van der Waals surface area contributed by atoms with Gasteiger partial charge in [0.25, 0.3) is 0 Å². The Labute approximate surface area is 104 Å². The van der Waals surface area contributed by atoms with Crippen molar-refractivity contribution >= 4 is 27.3 Å². The summed E-state index contributed by atoms with van der Waals surface area (Å²) in [7, 11) is 0. The van der Waals surface area contributed by atoms with Crippen LogP contribution in [0.5, 0.6) is 0 Å². The van der Waals surface area contributed by atoms with Crippen molar-refractivity contribution in [2.45, 2.75) is 26.3 Å². The normalized spacial score (nSPS) is 13.4. The van der Waals surface area contributed by atoms with Gasteiger partial charge in [-0.15, -0.1) is 11.3 Å². The Balaban J connectivity index is 2.26. The molecular weight excluding hydrogens is 272 g/mol. The van der Waals surface area contributed by atoms with Crippen molar-refractivity contribution in [1.29, 1.82) is 0 Å². The molecule has 0 saturated heterocycles. The van der Waals surface area contributed by atoms with E-state index in [1.54, 1.807) is 11.3 Å². The Morgan fingerprint density at radius 3 is 2.73 bits per heavy atom. The minimum atomic E-state index is 0.438. The third-order valence-corrected chi connectivity index (χ3v) is 4.22. The average Bonchev–Trinajstić information content (AvgIpc) is 2.58. The summed E-state index contributed by atoms with van der Waals surface area (Å²) in [6, 6.07) is 2.62. The molecule has 0 bridgehead atoms. The summed E-state index contributed by atoms with van der Waals surface area (Å²) >= 11 is 5.26. The number of nitrogens with one attached hydrogen (secondary N) is 1. The van der Waals surface area contributed by atoms with Crippen LogP contribution in [0.3, 0.4) is 0 Å². The molecule has 0 aliphatic heterocycles. The van der Waals surface area contributed by atoms with Crippen LogP contribution < -0.4 is 11.1 Å². The number of halogens is 1. The molecule has 0 amide bonds. The van der Waals surface area contributed by atoms with Gasteiger partial charge in [0.1, 0.15) is 0 Å². The minimum absolute atomic E-state index is 0.438. The van der Waals surface area contributed by atoms with E-state index >= 15 is 0 Å². The first kappa shape index (κ1) is 13.2. The number of hydrogen-bond acceptors (Lipinski definition) is 3. The second-order valence-corrected chi connectivity index (χ2v) is 5.93. The molecule has 1 heterocycles. The molecule has 0 aromatic carbocycles. The zero-order chi connectivity index (χ0) is 11.3. The largest absolute Gasteiger partial charge is 0.329 e. The molecule has 1 aromatic heterocycles. The Kier molecular flexibility index (Phi) is 5.82. The molecule has 0 aliphatic rings. The second kappa shape index (κ2) is 6.63. The molecule has 2 nitrogen and oxygen atoms in total. The molecule has 1 aromatic rings. The smallest absolute Gasteiger partial charge is 0.0285 e. The van der Waals surface area contributed by atoms with Gasteiger partial charge in [0, 0.05) is 33.9 Å². The molecule has 0 fully saturated rings. The number of nitrogens with two attached hydrogens (primary N) is 1. The average molecular weight is 291 g/mol. The van der Waals surface area contributed by atoms with Crippen molar-refractivity contribution in [2.24, 2.45) is 11.7 Å². The van der Waals surface area contributed by atoms with Crippen LogP contribution in [0.1, 0.15) is 18.7 Å². The van der Waals surface area contributed by atoms with Crippen LogP contribution in [0.25, 0.3) is 0 Å². The summed E-state index contributed by atoms with van der Waals surface area (Å²) in [5.74, 6) is 0.602. The van der Waals surface area contributed by atoms with E-state index < -0.39 is 0 Å². The van der Waals surface area contributed by atoms with Crippen LogP contribution in [-0.2, 0) is 6.42 Å². The lowest BCUT2D eigenvalue weighted by Gasteiger charge is -2.20. The van der Waals surface area contributed by atoms with E-state index in [0.717, 1.165) is 13.0 Å². The van der Waals surface area contributed by atoms with Gasteiger partial charge in [0.15, 0.2) is 0 Å². The van der Waals surface area contributed by atoms with Crippen LogP contribution in [0, 0.1) is 5.92 Å². The highest BCUT2D eigenvalue weighted by Gasteiger charge is 2.09. The molecule has 1 atom stereocenters. The van der Waals surface area contributed by atoms with Gasteiger partial charge in [-0.3, -0.25) is 0 Å². The van der Waals surface area contributed by atoms with E-state index in [2.05, 4.69) is 46.5 Å². The number of hydrogen-bond donors (Lipinski definition) is 2. The predicted molar refractivity (Wildman–Crippen MR) is 71.4 cm³/mol. The molecule has 0 radical (unpaired) electrons. The SMILES string of the molecule is CC(C)C(CN)NCCc1cc(Br)cs1. The molecule has 0 saturated carbocycles. The van der Waals surface area contributed by atoms with Crippen molar-refractivity contribution in [2.75, 3.05) is 13.1 Å². The number of thiophene rings is 1. The van der Waals surface area contributed by atoms with Gasteiger partial charge in [0.05, 0.1) is 0 Å². The predicted octanol–water partition coefficient (Wildman–Crippen LogP) is 2.63. The quantitative estimate of drug-likeness (QED) is 0.845. The van der Waals surface area contributed by atoms with Crippen molar-refractivity contribution in [3.8, 4) is 0 Å². The Bertz CT molecular complexity index is 286. The lowest BCUT2D eigenvalue weighted by molar-refractivity contribution is 0.409. The fraction of sp³-hybridized carbons (Fsp3) is 0.636. The molecule has 15 heavy (non-hydrogen) atoms. The van der Waals surface area contributed by atoms with Gasteiger partial charge >= 0.3 is 0 Å². The minimum Gasteiger partial charge on any atom is -0.329 e. The van der Waals surface area contributed by atoms with E-state index in [9.17, 15) is 0 Å². The molecule has 3 N–H and O–H groups in total. The van der Waals surface area contributed by atoms with Gasteiger partial charge in [0.2, 0.25) is 0 Å². The Hall–Kier alpha value is 0.1000. The van der Waals surface area contributed by atoms with Crippen LogP contribution in [0.2, 0.25) is 0 Å². The summed E-state index contributed by atoms with van der Waals surface area (Å²) in [6.07, 6.45) is 1.08. The van der Waals surface area contributed by atoms with Gasteiger partial charge in [-0.05, 0) is 34.3 Å². The third kappa shape index (κ3) is 4.64. The molecule has 86 valence electrons. The van der Waals surface area contributed by atoms with E-state index in [0.29, 0.717) is 18.5 Å². The maximum Gasteiger partial charge on any atom is 0.0285 e. The Morgan fingerprint density at radius 2 is 2.27 bits per heavy atom. The van der Waals surface area contributed by atoms with E-state index in [1.165, 1.54) is 9.35 Å². The topological polar surface area (TPSA) is 38.0 Å². The lowest BCUT2D eigenvalue weighted by atomic mass is 10.0. The molecule has 1 unspecified atom stereocenters. The maximum atomic E-state index is 5.69. The van der Waals surface area contributed by atoms with Crippen LogP contribution in [0.4, 0.5) is 0 Å². The van der Waals surface area contributed by atoms with Gasteiger partial charge in [-0.1, -0.05) is 13.8 Å². The first-order valence-corrected chi connectivity index (χ1v) is 6.97. The molecule has 4 heteroatoms. The fourth-order valence-electron chi connectivity index (χ4n) is 1.46. The monoisotopic (exact) mass is 290 g/mol. The molecule has 1 rings (SSSR count). The molecule has 0 spiro atoms. The summed E-state index contributed by atoms with van der Waals surface area (Å²) in [4.78, 5) is 1.41. The third-order valence-electron chi connectivity index (χ3n) is 2.46. The van der Waals surface area contributed by atoms with E-state index in [4.69, 9.17) is 5.73 Å². The van der Waals surface area contributed by atoms with Crippen LogP contribution >= 0.6 is 27.3 Å². The number of rotatable bonds is 6. The standard InChI is InChI=1S/C11H19BrN2S/c1-8(2)11(6-13)14-4-3-10-5-9(12)7-15-10/h5,7-8,11,14H,3-4,6,13H2,1-2H3. The zero-order valence-corrected chi connectivity index (χ0v) is 11.7. The van der Waals surface area contributed by atoms with E-state index in [-0.39, 0.29) is 0 Å². The second-order valence-electron chi connectivity index (χ2n) is 4.02. The van der Waals surface area contributed by atoms with Gasteiger partial charge in [-0.2, -0.15) is 0 Å². The highest BCUT2D eigenvalue weighted by Crippen LogP contribution is 2.19. The maximum absolute atomic E-state index is 5.69. The van der Waals surface area contributed by atoms with Crippen molar-refractivity contribution in [3.63, 3.8) is 0 Å². The van der Waals surface area contributed by atoms with Crippen molar-refractivity contribution in [3.05, 3.63) is 20.8 Å². The van der Waals surface area contributed by atoms with Crippen molar-refractivity contribution < 1.29 is 0 Å². The van der Waals surface area contributed by atoms with Crippen molar-refractivity contribution in [1.82, 2.24) is 5.32 Å². The zero-order valence-electron chi connectivity index (χ0n) is 9.29. The van der Waals surface area contributed by atoms with Crippen LogP contribution in [-0.4, -0.2) is 19.1 Å². The summed E-state index contributed by atoms with van der Waals surface area (Å²) in [5, 5.41) is 5.62. The Morgan fingerprint density at radius 1 is 1.53 bits per heavy atom. The summed E-state index contributed by atoms with van der Waals surface area (Å²) in [5.41, 5.74) is 5.69. The fourth-order valence-corrected chi connectivity index (χ4v) is 2.91. The van der Waals surface area contributed by atoms with Gasteiger partial charge < -0.3 is 11.1 Å².